The maximum Gasteiger partial charge on any atom is 0.118 e. The van der Waals surface area contributed by atoms with Crippen molar-refractivity contribution in [1.29, 1.82) is 0 Å². The largest absolute Gasteiger partial charge is 0.508 e. The van der Waals surface area contributed by atoms with Gasteiger partial charge >= 0.3 is 0 Å². The van der Waals surface area contributed by atoms with Gasteiger partial charge in [0.15, 0.2) is 0 Å². The van der Waals surface area contributed by atoms with E-state index in [2.05, 4.69) is 6.58 Å². The second-order valence-corrected chi connectivity index (χ2v) is 3.25. The molecule has 1 aromatic rings. The first-order chi connectivity index (χ1) is 5.59. The number of benzene rings is 1. The average molecular weight is 162 g/mol. The van der Waals surface area contributed by atoms with E-state index in [1.165, 1.54) is 5.56 Å². The van der Waals surface area contributed by atoms with E-state index in [0.717, 1.165) is 17.6 Å². The van der Waals surface area contributed by atoms with Crippen LogP contribution in [0.3, 0.4) is 0 Å². The normalized spacial score (nSPS) is 9.83. The summed E-state index contributed by atoms with van der Waals surface area (Å²) in [6.07, 6.45) is 0.890. The zero-order chi connectivity index (χ0) is 9.14. The first-order valence-electron chi connectivity index (χ1n) is 4.02. The summed E-state index contributed by atoms with van der Waals surface area (Å²) in [5.74, 6) is 0.362. The van der Waals surface area contributed by atoms with Crippen LogP contribution in [-0.2, 0) is 6.42 Å². The van der Waals surface area contributed by atoms with Gasteiger partial charge in [-0.1, -0.05) is 24.3 Å². The summed E-state index contributed by atoms with van der Waals surface area (Å²) in [7, 11) is 0. The lowest BCUT2D eigenvalue weighted by Gasteiger charge is -2.03. The van der Waals surface area contributed by atoms with Crippen molar-refractivity contribution in [2.24, 2.45) is 0 Å². The monoisotopic (exact) mass is 162 g/mol. The Kier molecular flexibility index (Phi) is 2.54. The average Bonchev–Trinajstić information content (AvgIpc) is 1.96. The van der Waals surface area contributed by atoms with Crippen LogP contribution < -0.4 is 0 Å². The van der Waals surface area contributed by atoms with Gasteiger partial charge in [0.1, 0.15) is 5.75 Å². The van der Waals surface area contributed by atoms with E-state index >= 15 is 0 Å². The second kappa shape index (κ2) is 3.44. The number of aromatic hydroxyl groups is 1. The number of phenolic OH excluding ortho intramolecular Hbond substituents is 1. The number of allylic oxidation sites excluding steroid dienone is 1. The van der Waals surface area contributed by atoms with Gasteiger partial charge in [0.25, 0.3) is 0 Å². The predicted octanol–water partition coefficient (Wildman–Crippen LogP) is 2.82. The fraction of sp³-hybridized carbons (Fsp3) is 0.273. The molecule has 1 N–H and O–H groups in total. The molecule has 0 saturated heterocycles. The zero-order valence-corrected chi connectivity index (χ0v) is 7.59. The molecular formula is C11H14O. The lowest BCUT2D eigenvalue weighted by Crippen LogP contribution is -1.86. The minimum absolute atomic E-state index is 0.362. The highest BCUT2D eigenvalue weighted by Crippen LogP contribution is 2.18. The van der Waals surface area contributed by atoms with Crippen LogP contribution in [-0.4, -0.2) is 5.11 Å². The van der Waals surface area contributed by atoms with Crippen LogP contribution in [0.25, 0.3) is 0 Å². The van der Waals surface area contributed by atoms with E-state index in [0.29, 0.717) is 5.75 Å². The third-order valence-corrected chi connectivity index (χ3v) is 1.77. The summed E-state index contributed by atoms with van der Waals surface area (Å²) in [5, 5.41) is 9.26. The minimum Gasteiger partial charge on any atom is -0.508 e. The number of hydrogen-bond acceptors (Lipinski definition) is 1. The molecule has 0 fully saturated rings. The summed E-state index contributed by atoms with van der Waals surface area (Å²) in [5.41, 5.74) is 3.27. The van der Waals surface area contributed by atoms with E-state index in [1.807, 2.05) is 26.0 Å². The molecule has 0 aliphatic rings. The van der Waals surface area contributed by atoms with Crippen LogP contribution in [0.4, 0.5) is 0 Å². The molecule has 0 aromatic heterocycles. The fourth-order valence-electron chi connectivity index (χ4n) is 1.18. The highest BCUT2D eigenvalue weighted by atomic mass is 16.3. The molecule has 64 valence electrons. The van der Waals surface area contributed by atoms with Crippen LogP contribution in [0, 0.1) is 6.92 Å². The van der Waals surface area contributed by atoms with Gasteiger partial charge in [0, 0.05) is 0 Å². The molecule has 12 heavy (non-hydrogen) atoms. The van der Waals surface area contributed by atoms with Gasteiger partial charge < -0.3 is 5.11 Å². The SMILES string of the molecule is C=C(C)Cc1ccc(O)c(C)c1. The predicted molar refractivity (Wildman–Crippen MR) is 51.4 cm³/mol. The molecule has 0 aliphatic heterocycles. The van der Waals surface area contributed by atoms with Gasteiger partial charge in [-0.3, -0.25) is 0 Å². The van der Waals surface area contributed by atoms with E-state index in [4.69, 9.17) is 0 Å². The Labute approximate surface area is 73.4 Å². The molecule has 0 radical (unpaired) electrons. The van der Waals surface area contributed by atoms with E-state index < -0.39 is 0 Å². The Morgan fingerprint density at radius 2 is 2.17 bits per heavy atom. The Balaban J connectivity index is 2.89. The molecule has 1 heteroatoms. The molecule has 0 amide bonds. The van der Waals surface area contributed by atoms with Crippen molar-refractivity contribution in [3.8, 4) is 5.75 Å². The van der Waals surface area contributed by atoms with Gasteiger partial charge in [-0.25, -0.2) is 0 Å². The van der Waals surface area contributed by atoms with Crippen molar-refractivity contribution < 1.29 is 5.11 Å². The smallest absolute Gasteiger partial charge is 0.118 e. The molecule has 1 nitrogen and oxygen atoms in total. The summed E-state index contributed by atoms with van der Waals surface area (Å²) < 4.78 is 0. The van der Waals surface area contributed by atoms with Gasteiger partial charge in [-0.05, 0) is 37.5 Å². The Hall–Kier alpha value is -1.24. The summed E-state index contributed by atoms with van der Waals surface area (Å²) in [6.45, 7) is 7.74. The third kappa shape index (κ3) is 2.12. The van der Waals surface area contributed by atoms with Crippen LogP contribution in [0.1, 0.15) is 18.1 Å². The number of rotatable bonds is 2. The molecule has 0 bridgehead atoms. The van der Waals surface area contributed by atoms with Crippen molar-refractivity contribution in [2.75, 3.05) is 0 Å². The maximum atomic E-state index is 9.26. The first-order valence-corrected chi connectivity index (χ1v) is 4.02. The van der Waals surface area contributed by atoms with Crippen LogP contribution in [0.5, 0.6) is 5.75 Å². The van der Waals surface area contributed by atoms with Gasteiger partial charge in [-0.15, -0.1) is 0 Å². The molecule has 0 heterocycles. The molecule has 0 atom stereocenters. The quantitative estimate of drug-likeness (QED) is 0.663. The molecule has 0 spiro atoms. The summed E-state index contributed by atoms with van der Waals surface area (Å²) >= 11 is 0. The van der Waals surface area contributed by atoms with Gasteiger partial charge in [0.05, 0.1) is 0 Å². The molecule has 0 aliphatic carbocycles. The lowest BCUT2D eigenvalue weighted by molar-refractivity contribution is 0.471. The molecular weight excluding hydrogens is 148 g/mol. The highest BCUT2D eigenvalue weighted by molar-refractivity contribution is 5.36. The van der Waals surface area contributed by atoms with Crippen LogP contribution in [0.2, 0.25) is 0 Å². The van der Waals surface area contributed by atoms with Crippen molar-refractivity contribution in [3.63, 3.8) is 0 Å². The molecule has 1 rings (SSSR count). The Morgan fingerprint density at radius 3 is 2.67 bits per heavy atom. The van der Waals surface area contributed by atoms with Crippen molar-refractivity contribution >= 4 is 0 Å². The maximum absolute atomic E-state index is 9.26. The van der Waals surface area contributed by atoms with Crippen molar-refractivity contribution in [1.82, 2.24) is 0 Å². The number of phenols is 1. The number of hydrogen-bond donors (Lipinski definition) is 1. The summed E-state index contributed by atoms with van der Waals surface area (Å²) in [6, 6.07) is 5.65. The highest BCUT2D eigenvalue weighted by Gasteiger charge is 1.97. The minimum atomic E-state index is 0.362. The van der Waals surface area contributed by atoms with E-state index in [9.17, 15) is 5.11 Å². The Morgan fingerprint density at radius 1 is 1.50 bits per heavy atom. The zero-order valence-electron chi connectivity index (χ0n) is 7.59. The first kappa shape index (κ1) is 8.85. The van der Waals surface area contributed by atoms with Crippen LogP contribution in [0.15, 0.2) is 30.4 Å². The molecule has 0 saturated carbocycles. The third-order valence-electron chi connectivity index (χ3n) is 1.77. The Bertz CT molecular complexity index is 300. The summed E-state index contributed by atoms with van der Waals surface area (Å²) in [4.78, 5) is 0. The lowest BCUT2D eigenvalue weighted by atomic mass is 10.0. The van der Waals surface area contributed by atoms with Crippen molar-refractivity contribution in [3.05, 3.63) is 41.5 Å². The van der Waals surface area contributed by atoms with Gasteiger partial charge in [0.2, 0.25) is 0 Å². The topological polar surface area (TPSA) is 20.2 Å². The van der Waals surface area contributed by atoms with Crippen LogP contribution >= 0.6 is 0 Å². The molecule has 0 unspecified atom stereocenters. The van der Waals surface area contributed by atoms with Gasteiger partial charge in [-0.2, -0.15) is 0 Å². The fourth-order valence-corrected chi connectivity index (χ4v) is 1.18. The van der Waals surface area contributed by atoms with Crippen molar-refractivity contribution in [2.45, 2.75) is 20.3 Å². The molecule has 1 aromatic carbocycles. The standard InChI is InChI=1S/C11H14O/c1-8(2)6-10-4-5-11(12)9(3)7-10/h4-5,7,12H,1,6H2,2-3H3. The van der Waals surface area contributed by atoms with E-state index in [1.54, 1.807) is 6.07 Å². The second-order valence-electron chi connectivity index (χ2n) is 3.25. The number of aryl methyl sites for hydroxylation is 1. The van der Waals surface area contributed by atoms with E-state index in [-0.39, 0.29) is 0 Å².